The van der Waals surface area contributed by atoms with Crippen LogP contribution in [0.25, 0.3) is 21.3 Å². The van der Waals surface area contributed by atoms with E-state index >= 15 is 0 Å². The zero-order valence-electron chi connectivity index (χ0n) is 20.2. The number of imide groups is 1. The van der Waals surface area contributed by atoms with Crippen LogP contribution in [0.2, 0.25) is 5.02 Å². The van der Waals surface area contributed by atoms with Gasteiger partial charge in [0.05, 0.1) is 28.6 Å². The van der Waals surface area contributed by atoms with Gasteiger partial charge in [0.1, 0.15) is 0 Å². The molecule has 0 radical (unpaired) electrons. The molecule has 2 unspecified atom stereocenters. The largest absolute Gasteiger partial charge is 0.314 e. The number of nitrogens with zero attached hydrogens (tertiary/aromatic N) is 3. The maximum absolute atomic E-state index is 12.5. The minimum atomic E-state index is -0.0719. The molecule has 8 heteroatoms. The Labute approximate surface area is 214 Å². The molecule has 2 aliphatic heterocycles. The molecule has 1 aliphatic carbocycles. The Hall–Kier alpha value is -2.32. The highest BCUT2D eigenvalue weighted by atomic mass is 35.5. The van der Waals surface area contributed by atoms with Crippen LogP contribution in [-0.2, 0) is 22.7 Å². The van der Waals surface area contributed by atoms with E-state index in [2.05, 4.69) is 48.1 Å². The molecule has 3 fully saturated rings. The molecule has 1 aromatic carbocycles. The van der Waals surface area contributed by atoms with Gasteiger partial charge in [-0.05, 0) is 68.1 Å². The van der Waals surface area contributed by atoms with E-state index in [-0.39, 0.29) is 23.7 Å². The summed E-state index contributed by atoms with van der Waals surface area (Å²) in [6.07, 6.45) is 2.57. The van der Waals surface area contributed by atoms with Crippen molar-refractivity contribution in [2.45, 2.75) is 52.4 Å². The highest BCUT2D eigenvalue weighted by Crippen LogP contribution is 2.48. The van der Waals surface area contributed by atoms with Crippen LogP contribution in [0, 0.1) is 18.8 Å². The van der Waals surface area contributed by atoms with Crippen molar-refractivity contribution in [1.82, 2.24) is 20.1 Å². The standard InChI is InChI=1S/C27H29ClN4O2S/c1-14-6-17(28)7-20(23(14)13-31-15(2)10-29-11-16(31)3)19-4-5-30-24-8-18(35-25(19)24)12-32-26(33)21-9-22(21)27(32)34/h4-8,15-16,21-22,29H,9-13H2,1-3H3/t15-,16-,21?,22?/m0/s1. The molecule has 6 rings (SSSR count). The Balaban J connectivity index is 1.39. The second-order valence-corrected chi connectivity index (χ2v) is 11.8. The van der Waals surface area contributed by atoms with Crippen molar-refractivity contribution in [3.05, 3.63) is 51.5 Å². The van der Waals surface area contributed by atoms with Crippen molar-refractivity contribution in [1.29, 1.82) is 0 Å². The average molecular weight is 509 g/mol. The first kappa shape index (κ1) is 23.1. The number of hydrogen-bond donors (Lipinski definition) is 1. The van der Waals surface area contributed by atoms with Gasteiger partial charge in [-0.25, -0.2) is 0 Å². The van der Waals surface area contributed by atoms with E-state index in [4.69, 9.17) is 11.6 Å². The van der Waals surface area contributed by atoms with Gasteiger partial charge in [0.25, 0.3) is 0 Å². The van der Waals surface area contributed by atoms with Gasteiger partial charge in [0.15, 0.2) is 0 Å². The van der Waals surface area contributed by atoms with Crippen LogP contribution in [-0.4, -0.2) is 51.8 Å². The van der Waals surface area contributed by atoms with Gasteiger partial charge in [-0.15, -0.1) is 11.3 Å². The molecule has 1 N–H and O–H groups in total. The van der Waals surface area contributed by atoms with Gasteiger partial charge in [0, 0.05) is 53.4 Å². The number of amides is 2. The number of fused-ring (bicyclic) bond motifs is 2. The second-order valence-electron chi connectivity index (χ2n) is 10.3. The summed E-state index contributed by atoms with van der Waals surface area (Å²) < 4.78 is 1.07. The van der Waals surface area contributed by atoms with E-state index < -0.39 is 0 Å². The molecule has 4 atom stereocenters. The summed E-state index contributed by atoms with van der Waals surface area (Å²) in [5.41, 5.74) is 5.58. The minimum Gasteiger partial charge on any atom is -0.314 e. The van der Waals surface area contributed by atoms with Gasteiger partial charge in [-0.1, -0.05) is 11.6 Å². The fraction of sp³-hybridized carbons (Fsp3) is 0.444. The van der Waals surface area contributed by atoms with Gasteiger partial charge >= 0.3 is 0 Å². The first-order valence-electron chi connectivity index (χ1n) is 12.3. The first-order valence-corrected chi connectivity index (χ1v) is 13.5. The lowest BCUT2D eigenvalue weighted by atomic mass is 9.94. The summed E-state index contributed by atoms with van der Waals surface area (Å²) in [5.74, 6) is -0.176. The summed E-state index contributed by atoms with van der Waals surface area (Å²) in [6, 6.07) is 9.07. The minimum absolute atomic E-state index is 0.0161. The van der Waals surface area contributed by atoms with E-state index in [1.165, 1.54) is 16.0 Å². The topological polar surface area (TPSA) is 65.5 Å². The SMILES string of the molecule is Cc1cc(Cl)cc(-c2ccnc3cc(CN4C(=O)C5CC5C4=O)sc23)c1CN1[C@@H](C)CNC[C@@H]1C. The number of rotatable bonds is 5. The van der Waals surface area contributed by atoms with Crippen LogP contribution >= 0.6 is 22.9 Å². The molecular weight excluding hydrogens is 480 g/mol. The third-order valence-corrected chi connectivity index (χ3v) is 9.17. The Kier molecular flexibility index (Phi) is 5.72. The van der Waals surface area contributed by atoms with Gasteiger partial charge in [0.2, 0.25) is 11.8 Å². The van der Waals surface area contributed by atoms with Crippen molar-refractivity contribution in [2.75, 3.05) is 13.1 Å². The molecule has 4 heterocycles. The molecule has 2 aromatic heterocycles. The van der Waals surface area contributed by atoms with Crippen molar-refractivity contribution >= 4 is 45.0 Å². The number of likely N-dealkylation sites (tertiary alicyclic amines) is 1. The fourth-order valence-electron chi connectivity index (χ4n) is 5.73. The zero-order valence-corrected chi connectivity index (χ0v) is 21.7. The number of carbonyl (C=O) groups excluding carboxylic acids is 2. The summed E-state index contributed by atoms with van der Waals surface area (Å²) in [4.78, 5) is 34.6. The molecule has 0 bridgehead atoms. The summed E-state index contributed by atoms with van der Waals surface area (Å²) in [7, 11) is 0. The number of benzene rings is 1. The lowest BCUT2D eigenvalue weighted by Gasteiger charge is -2.40. The smallest absolute Gasteiger partial charge is 0.233 e. The highest BCUT2D eigenvalue weighted by molar-refractivity contribution is 7.19. The molecule has 182 valence electrons. The number of halogens is 1. The van der Waals surface area contributed by atoms with Gasteiger partial charge in [-0.3, -0.25) is 24.4 Å². The van der Waals surface area contributed by atoms with E-state index in [9.17, 15) is 9.59 Å². The summed E-state index contributed by atoms with van der Waals surface area (Å²) >= 11 is 8.19. The monoisotopic (exact) mass is 508 g/mol. The fourth-order valence-corrected chi connectivity index (χ4v) is 7.13. The maximum atomic E-state index is 12.5. The number of piperazine rings is 1. The highest BCUT2D eigenvalue weighted by Gasteiger charge is 2.58. The van der Waals surface area contributed by atoms with Gasteiger partial charge < -0.3 is 5.32 Å². The Morgan fingerprint density at radius 1 is 1.06 bits per heavy atom. The van der Waals surface area contributed by atoms with Crippen LogP contribution in [0.5, 0.6) is 0 Å². The quantitative estimate of drug-likeness (QED) is 0.510. The normalized spacial score (nSPS) is 26.6. The maximum Gasteiger partial charge on any atom is 0.233 e. The predicted octanol–water partition coefficient (Wildman–Crippen LogP) is 4.61. The van der Waals surface area contributed by atoms with Crippen LogP contribution < -0.4 is 5.32 Å². The number of piperidine rings is 1. The molecule has 1 saturated carbocycles. The van der Waals surface area contributed by atoms with Gasteiger partial charge in [-0.2, -0.15) is 0 Å². The molecule has 3 aromatic rings. The summed E-state index contributed by atoms with van der Waals surface area (Å²) in [5, 5.41) is 4.24. The Morgan fingerprint density at radius 2 is 1.77 bits per heavy atom. The molecular formula is C27H29ClN4O2S. The number of pyridine rings is 1. The first-order chi connectivity index (χ1) is 16.8. The summed E-state index contributed by atoms with van der Waals surface area (Å²) in [6.45, 7) is 9.83. The predicted molar refractivity (Wildman–Crippen MR) is 139 cm³/mol. The Bertz CT molecular complexity index is 1320. The van der Waals surface area contributed by atoms with E-state index in [0.717, 1.165) is 57.3 Å². The van der Waals surface area contributed by atoms with E-state index in [1.807, 2.05) is 18.3 Å². The molecule has 2 saturated heterocycles. The van der Waals surface area contributed by atoms with Crippen molar-refractivity contribution in [3.8, 4) is 11.1 Å². The van der Waals surface area contributed by atoms with E-state index in [0.29, 0.717) is 18.6 Å². The molecule has 2 amide bonds. The Morgan fingerprint density at radius 3 is 2.49 bits per heavy atom. The number of aryl methyl sites for hydroxylation is 1. The van der Waals surface area contributed by atoms with E-state index in [1.54, 1.807) is 11.3 Å². The molecule has 0 spiro atoms. The third-order valence-electron chi connectivity index (χ3n) is 7.81. The lowest BCUT2D eigenvalue weighted by Crippen LogP contribution is -2.54. The van der Waals surface area contributed by atoms with Crippen molar-refractivity contribution in [2.24, 2.45) is 11.8 Å². The molecule has 6 nitrogen and oxygen atoms in total. The number of hydrogen-bond acceptors (Lipinski definition) is 6. The van der Waals surface area contributed by atoms with Crippen LogP contribution in [0.15, 0.2) is 30.5 Å². The van der Waals surface area contributed by atoms with Crippen LogP contribution in [0.1, 0.15) is 36.3 Å². The number of carbonyl (C=O) groups is 2. The average Bonchev–Trinajstić information content (AvgIpc) is 3.45. The zero-order chi connectivity index (χ0) is 24.4. The second kappa shape index (κ2) is 8.66. The molecule has 35 heavy (non-hydrogen) atoms. The van der Waals surface area contributed by atoms with Crippen molar-refractivity contribution < 1.29 is 9.59 Å². The lowest BCUT2D eigenvalue weighted by molar-refractivity contribution is -0.141. The third kappa shape index (κ3) is 3.99. The number of nitrogens with one attached hydrogen (secondary N) is 1. The van der Waals surface area contributed by atoms with Crippen LogP contribution in [0.4, 0.5) is 0 Å². The molecule has 3 aliphatic rings. The number of thiophene rings is 1. The van der Waals surface area contributed by atoms with Crippen LogP contribution in [0.3, 0.4) is 0 Å². The van der Waals surface area contributed by atoms with Crippen molar-refractivity contribution in [3.63, 3.8) is 0 Å². The number of aromatic nitrogens is 1.